The zero-order chi connectivity index (χ0) is 30.2. The van der Waals surface area contributed by atoms with Gasteiger partial charge in [0.15, 0.2) is 6.61 Å². The van der Waals surface area contributed by atoms with E-state index in [0.717, 1.165) is 39.3 Å². The van der Waals surface area contributed by atoms with Crippen LogP contribution in [0.25, 0.3) is 22.6 Å². The number of nitro groups is 1. The number of hydrogen-bond donors (Lipinski definition) is 1. The topological polar surface area (TPSA) is 111 Å². The fourth-order valence-electron chi connectivity index (χ4n) is 5.36. The van der Waals surface area contributed by atoms with Crippen molar-refractivity contribution in [1.29, 1.82) is 0 Å². The molecule has 1 aliphatic carbocycles. The Morgan fingerprint density at radius 3 is 2.55 bits per heavy atom. The number of carbonyl (C=O) groups is 2. The number of thiophene rings is 1. The van der Waals surface area contributed by atoms with Crippen molar-refractivity contribution < 1.29 is 19.2 Å². The number of esters is 1. The van der Waals surface area contributed by atoms with Crippen molar-refractivity contribution in [1.82, 2.24) is 4.98 Å². The van der Waals surface area contributed by atoms with Crippen LogP contribution in [0.2, 0.25) is 0 Å². The number of aryl methyl sites for hydroxylation is 2. The number of hydrogen-bond acceptors (Lipinski definition) is 7. The van der Waals surface area contributed by atoms with Gasteiger partial charge in [0.1, 0.15) is 5.69 Å². The molecule has 2 aromatic heterocycles. The molecular formula is C33H33N3O5S. The zero-order valence-corrected chi connectivity index (χ0v) is 25.1. The summed E-state index contributed by atoms with van der Waals surface area (Å²) in [4.78, 5) is 43.8. The van der Waals surface area contributed by atoms with E-state index < -0.39 is 23.4 Å². The summed E-state index contributed by atoms with van der Waals surface area (Å²) in [5.41, 5.74) is 5.10. The number of para-hydroxylation sites is 1. The monoisotopic (exact) mass is 583 g/mol. The number of allylic oxidation sites excluding steroid dienone is 1. The molecule has 0 spiro atoms. The van der Waals surface area contributed by atoms with Gasteiger partial charge < -0.3 is 10.1 Å². The predicted octanol–water partition coefficient (Wildman–Crippen LogP) is 7.77. The van der Waals surface area contributed by atoms with E-state index in [-0.39, 0.29) is 22.7 Å². The number of fused-ring (bicyclic) bond motifs is 2. The largest absolute Gasteiger partial charge is 0.452 e. The lowest BCUT2D eigenvalue weighted by molar-refractivity contribution is -0.384. The molecule has 5 rings (SSSR count). The number of nitrogens with one attached hydrogen (secondary N) is 1. The van der Waals surface area contributed by atoms with E-state index >= 15 is 0 Å². The van der Waals surface area contributed by atoms with Crippen LogP contribution in [0.4, 0.5) is 11.4 Å². The number of aromatic nitrogens is 1. The molecule has 9 heteroatoms. The Bertz CT molecular complexity index is 1730. The molecule has 1 amide bonds. The van der Waals surface area contributed by atoms with Gasteiger partial charge in [0, 0.05) is 16.3 Å². The Morgan fingerprint density at radius 1 is 1.12 bits per heavy atom. The van der Waals surface area contributed by atoms with E-state index in [0.29, 0.717) is 22.9 Å². The van der Waals surface area contributed by atoms with E-state index in [4.69, 9.17) is 9.72 Å². The maximum atomic E-state index is 13.8. The van der Waals surface area contributed by atoms with Crippen molar-refractivity contribution in [3.05, 3.63) is 96.9 Å². The fourth-order valence-corrected chi connectivity index (χ4v) is 6.04. The molecule has 42 heavy (non-hydrogen) atoms. The van der Waals surface area contributed by atoms with Crippen LogP contribution in [0.3, 0.4) is 0 Å². The summed E-state index contributed by atoms with van der Waals surface area (Å²) in [6, 6.07) is 14.5. The Labute approximate surface area is 248 Å². The van der Waals surface area contributed by atoms with Crippen LogP contribution in [-0.2, 0) is 16.0 Å². The Kier molecular flexibility index (Phi) is 7.97. The summed E-state index contributed by atoms with van der Waals surface area (Å²) in [6.07, 6.45) is 3.62. The van der Waals surface area contributed by atoms with Gasteiger partial charge in [0.2, 0.25) is 0 Å². The molecule has 8 nitrogen and oxygen atoms in total. The van der Waals surface area contributed by atoms with E-state index in [2.05, 4.69) is 38.2 Å². The number of benzene rings is 2. The van der Waals surface area contributed by atoms with E-state index in [9.17, 15) is 19.7 Å². The SMILES string of the molecule is Cc1cc(NC(=O)COC(=O)c2c3c(nc4ccccc24)/C(=C\c2cccs2)C[C@H](C(C)(C)C)C3)c([N+](=O)[O-])cc1C. The van der Waals surface area contributed by atoms with Crippen molar-refractivity contribution >= 4 is 57.1 Å². The number of nitrogens with zero attached hydrogens (tertiary/aromatic N) is 2. The average Bonchev–Trinajstić information content (AvgIpc) is 3.45. The highest BCUT2D eigenvalue weighted by Gasteiger charge is 2.35. The lowest BCUT2D eigenvalue weighted by Gasteiger charge is -2.36. The second-order valence-electron chi connectivity index (χ2n) is 11.8. The standard InChI is InChI=1S/C33H33N3O5S/c1-19-13-27(28(36(39)40)14-20(19)2)34-29(37)18-41-32(38)30-24-10-6-7-11-26(24)35-31-21(16-23-9-8-12-42-23)15-22(17-25(30)31)33(3,4)5/h6-14,16,22H,15,17-18H2,1-5H3,(H,34,37)/b21-16-/t22-/m0/s1. The molecular weight excluding hydrogens is 550 g/mol. The molecule has 0 radical (unpaired) electrons. The second-order valence-corrected chi connectivity index (χ2v) is 12.8. The lowest BCUT2D eigenvalue weighted by Crippen LogP contribution is -2.29. The summed E-state index contributed by atoms with van der Waals surface area (Å²) in [5, 5.41) is 16.8. The first kappa shape index (κ1) is 29.1. The van der Waals surface area contributed by atoms with Crippen molar-refractivity contribution in [3.8, 4) is 0 Å². The predicted molar refractivity (Wildman–Crippen MR) is 167 cm³/mol. The van der Waals surface area contributed by atoms with Gasteiger partial charge in [0.25, 0.3) is 11.6 Å². The minimum atomic E-state index is -0.659. The van der Waals surface area contributed by atoms with Gasteiger partial charge in [-0.05, 0) is 89.9 Å². The Morgan fingerprint density at radius 2 is 1.86 bits per heavy atom. The Hall–Kier alpha value is -4.37. The normalized spacial score (nSPS) is 15.8. The molecule has 2 heterocycles. The van der Waals surface area contributed by atoms with Crippen molar-refractivity contribution in [3.63, 3.8) is 0 Å². The molecule has 0 fully saturated rings. The van der Waals surface area contributed by atoms with Crippen molar-refractivity contribution in [2.24, 2.45) is 11.3 Å². The lowest BCUT2D eigenvalue weighted by atomic mass is 9.69. The molecule has 0 aliphatic heterocycles. The molecule has 4 aromatic rings. The first-order valence-electron chi connectivity index (χ1n) is 13.8. The first-order valence-corrected chi connectivity index (χ1v) is 14.7. The average molecular weight is 584 g/mol. The van der Waals surface area contributed by atoms with Gasteiger partial charge in [-0.25, -0.2) is 9.78 Å². The van der Waals surface area contributed by atoms with Crippen LogP contribution in [-0.4, -0.2) is 28.4 Å². The third kappa shape index (κ3) is 5.97. The van der Waals surface area contributed by atoms with Gasteiger partial charge in [0.05, 0.1) is 21.7 Å². The molecule has 0 unspecified atom stereocenters. The minimum absolute atomic E-state index is 0.0280. The molecule has 0 saturated carbocycles. The molecule has 0 saturated heterocycles. The van der Waals surface area contributed by atoms with Crippen LogP contribution in [0.1, 0.15) is 64.8 Å². The van der Waals surface area contributed by atoms with Crippen LogP contribution < -0.4 is 5.32 Å². The number of anilines is 1. The maximum absolute atomic E-state index is 13.8. The third-order valence-electron chi connectivity index (χ3n) is 7.92. The summed E-state index contributed by atoms with van der Waals surface area (Å²) >= 11 is 1.65. The molecule has 0 bridgehead atoms. The van der Waals surface area contributed by atoms with Crippen LogP contribution >= 0.6 is 11.3 Å². The summed E-state index contributed by atoms with van der Waals surface area (Å²) in [5.74, 6) is -1.04. The second kappa shape index (κ2) is 11.5. The fraction of sp³-hybridized carbons (Fsp3) is 0.303. The summed E-state index contributed by atoms with van der Waals surface area (Å²) < 4.78 is 5.59. The maximum Gasteiger partial charge on any atom is 0.339 e. The van der Waals surface area contributed by atoms with Crippen molar-refractivity contribution in [2.45, 2.75) is 47.5 Å². The number of nitro benzene ring substituents is 1. The highest BCUT2D eigenvalue weighted by Crippen LogP contribution is 2.45. The molecule has 1 N–H and O–H groups in total. The van der Waals surface area contributed by atoms with Gasteiger partial charge in [-0.1, -0.05) is 45.0 Å². The van der Waals surface area contributed by atoms with Crippen LogP contribution in [0.15, 0.2) is 53.9 Å². The quantitative estimate of drug-likeness (QED) is 0.141. The highest BCUT2D eigenvalue weighted by atomic mass is 32.1. The van der Waals surface area contributed by atoms with Gasteiger partial charge in [-0.3, -0.25) is 14.9 Å². The summed E-state index contributed by atoms with van der Waals surface area (Å²) in [7, 11) is 0. The zero-order valence-electron chi connectivity index (χ0n) is 24.3. The van der Waals surface area contributed by atoms with E-state index in [1.54, 1.807) is 31.3 Å². The molecule has 216 valence electrons. The first-order chi connectivity index (χ1) is 19.9. The number of pyridine rings is 1. The number of rotatable bonds is 6. The number of amides is 1. The molecule has 1 aliphatic rings. The minimum Gasteiger partial charge on any atom is -0.452 e. The smallest absolute Gasteiger partial charge is 0.339 e. The summed E-state index contributed by atoms with van der Waals surface area (Å²) in [6.45, 7) is 9.59. The molecule has 1 atom stereocenters. The van der Waals surface area contributed by atoms with Crippen molar-refractivity contribution in [2.75, 3.05) is 11.9 Å². The third-order valence-corrected chi connectivity index (χ3v) is 8.74. The van der Waals surface area contributed by atoms with Gasteiger partial charge >= 0.3 is 5.97 Å². The Balaban J connectivity index is 1.50. The van der Waals surface area contributed by atoms with Crippen LogP contribution in [0.5, 0.6) is 0 Å². The number of carbonyl (C=O) groups excluding carboxylic acids is 2. The number of ether oxygens (including phenoxy) is 1. The van der Waals surface area contributed by atoms with Crippen LogP contribution in [0, 0.1) is 35.3 Å². The molecule has 2 aromatic carbocycles. The van der Waals surface area contributed by atoms with E-state index in [1.165, 1.54) is 6.07 Å². The van der Waals surface area contributed by atoms with Gasteiger partial charge in [-0.2, -0.15) is 0 Å². The van der Waals surface area contributed by atoms with Gasteiger partial charge in [-0.15, -0.1) is 11.3 Å². The highest BCUT2D eigenvalue weighted by molar-refractivity contribution is 7.10. The van der Waals surface area contributed by atoms with E-state index in [1.807, 2.05) is 35.7 Å².